The van der Waals surface area contributed by atoms with E-state index < -0.39 is 0 Å². The maximum absolute atomic E-state index is 5.71. The molecule has 0 heterocycles. The van der Waals surface area contributed by atoms with E-state index in [1.165, 1.54) is 42.6 Å². The largest absolute Gasteiger partial charge is 1.00 e. The van der Waals surface area contributed by atoms with Gasteiger partial charge in [-0.2, -0.15) is 0 Å². The molecule has 3 heteroatoms. The number of unbranched alkanes of at least 4 members (excludes halogenated alkanes) is 2. The first-order chi connectivity index (χ1) is 6.72. The predicted octanol–water partition coefficient (Wildman–Crippen LogP) is 1.79. The Morgan fingerprint density at radius 3 is 2.07 bits per heavy atom. The third kappa shape index (κ3) is 10.9. The number of hydrogen-bond donors (Lipinski definition) is 0. The molecule has 0 saturated heterocycles. The minimum Gasteiger partial charge on any atom is -1.00 e. The Balaban J connectivity index is 0. The molecule has 0 saturated carbocycles. The second-order valence-corrected chi connectivity index (χ2v) is 5.20. The van der Waals surface area contributed by atoms with Gasteiger partial charge in [0.25, 0.3) is 0 Å². The van der Waals surface area contributed by atoms with Crippen LogP contribution in [0.1, 0.15) is 31.7 Å². The van der Waals surface area contributed by atoms with Crippen molar-refractivity contribution in [1.82, 2.24) is 0 Å². The van der Waals surface area contributed by atoms with E-state index in [9.17, 15) is 0 Å². The standard InChI is InChI=1S/C7H7Cl.C5H11.BrH.Zn/c1-6-4-2-3-5-7(6)8;1-3-5-4-2;;/h2-5H,1H3;1,3-5H2,2H3;1H;/q;;;+1/p-1. The first kappa shape index (κ1) is 18.0. The van der Waals surface area contributed by atoms with E-state index >= 15 is 0 Å². The molecule has 0 N–H and O–H groups in total. The normalized spacial score (nSPS) is 8.60. The van der Waals surface area contributed by atoms with Gasteiger partial charge in [-0.15, -0.1) is 0 Å². The summed E-state index contributed by atoms with van der Waals surface area (Å²) in [5.74, 6) is 0. The average molecular weight is 343 g/mol. The third-order valence-corrected chi connectivity index (χ3v) is 3.40. The van der Waals surface area contributed by atoms with Crippen LogP contribution < -0.4 is 17.0 Å². The zero-order valence-electron chi connectivity index (χ0n) is 9.60. The number of benzene rings is 1. The summed E-state index contributed by atoms with van der Waals surface area (Å²) in [4.78, 5) is 0. The zero-order chi connectivity index (χ0) is 10.8. The molecule has 0 spiro atoms. The number of rotatable bonds is 3. The molecule has 0 radical (unpaired) electrons. The minimum atomic E-state index is 0. The molecular weight excluding hydrogens is 325 g/mol. The predicted molar refractivity (Wildman–Crippen MR) is 60.5 cm³/mol. The Morgan fingerprint density at radius 1 is 1.20 bits per heavy atom. The first-order valence-electron chi connectivity index (χ1n) is 5.22. The van der Waals surface area contributed by atoms with Crippen molar-refractivity contribution in [3.8, 4) is 0 Å². The van der Waals surface area contributed by atoms with Gasteiger partial charge in [-0.25, -0.2) is 0 Å². The van der Waals surface area contributed by atoms with Crippen LogP contribution in [0.25, 0.3) is 0 Å². The van der Waals surface area contributed by atoms with Crippen LogP contribution in [0.3, 0.4) is 0 Å². The minimum absolute atomic E-state index is 0. The number of halogens is 2. The van der Waals surface area contributed by atoms with Crippen molar-refractivity contribution in [3.05, 3.63) is 34.9 Å². The molecule has 0 aliphatic carbocycles. The summed E-state index contributed by atoms with van der Waals surface area (Å²) in [6.45, 7) is 4.23. The fourth-order valence-corrected chi connectivity index (χ4v) is 1.86. The number of hydrogen-bond acceptors (Lipinski definition) is 0. The fraction of sp³-hybridized carbons (Fsp3) is 0.500. The van der Waals surface area contributed by atoms with Crippen LogP contribution in [0.4, 0.5) is 0 Å². The van der Waals surface area contributed by atoms with Gasteiger partial charge in [0.2, 0.25) is 0 Å². The smallest absolute Gasteiger partial charge is 0.0435 e. The Morgan fingerprint density at radius 2 is 1.80 bits per heavy atom. The van der Waals surface area contributed by atoms with Gasteiger partial charge in [0.1, 0.15) is 0 Å². The molecule has 0 aliphatic heterocycles. The Kier molecular flexibility index (Phi) is 15.2. The summed E-state index contributed by atoms with van der Waals surface area (Å²) in [5, 5.41) is 2.32. The maximum Gasteiger partial charge on any atom is 0.0435 e. The summed E-state index contributed by atoms with van der Waals surface area (Å²) in [6.07, 6.45) is 4.29. The molecule has 0 amide bonds. The summed E-state index contributed by atoms with van der Waals surface area (Å²) >= 11 is 7.19. The first-order valence-corrected chi connectivity index (χ1v) is 7.70. The monoisotopic (exact) mass is 340 g/mol. The van der Waals surface area contributed by atoms with Gasteiger partial charge in [-0.05, 0) is 18.6 Å². The molecule has 0 aromatic heterocycles. The second kappa shape index (κ2) is 12.7. The van der Waals surface area contributed by atoms with Crippen LogP contribution in [0.15, 0.2) is 24.3 Å². The molecule has 1 aromatic carbocycles. The molecule has 0 nitrogen and oxygen atoms in total. The molecule has 0 fully saturated rings. The zero-order valence-corrected chi connectivity index (χ0v) is 14.9. The Bertz CT molecular complexity index is 216. The van der Waals surface area contributed by atoms with E-state index in [-0.39, 0.29) is 17.0 Å². The van der Waals surface area contributed by atoms with Crippen molar-refractivity contribution in [1.29, 1.82) is 0 Å². The van der Waals surface area contributed by atoms with E-state index in [4.69, 9.17) is 11.6 Å². The van der Waals surface area contributed by atoms with Crippen LogP contribution in [0.5, 0.6) is 0 Å². The van der Waals surface area contributed by atoms with Gasteiger partial charge < -0.3 is 17.0 Å². The molecule has 1 aromatic rings. The van der Waals surface area contributed by atoms with Gasteiger partial charge in [-0.3, -0.25) is 0 Å². The van der Waals surface area contributed by atoms with Crippen molar-refractivity contribution in [2.75, 3.05) is 0 Å². The summed E-state index contributed by atoms with van der Waals surface area (Å²) < 4.78 is 0. The summed E-state index contributed by atoms with van der Waals surface area (Å²) in [7, 11) is 0. The van der Waals surface area contributed by atoms with Crippen LogP contribution in [0, 0.1) is 6.92 Å². The SMILES string of the molecule is CCCC[CH2][Zn+].Cc1ccccc1Cl.[Br-]. The van der Waals surface area contributed by atoms with E-state index in [2.05, 4.69) is 6.92 Å². The number of aryl methyl sites for hydroxylation is 1. The molecule has 0 aliphatic rings. The van der Waals surface area contributed by atoms with Crippen molar-refractivity contribution in [3.63, 3.8) is 0 Å². The summed E-state index contributed by atoms with van der Waals surface area (Å²) in [5.41, 5.74) is 1.13. The van der Waals surface area contributed by atoms with E-state index in [1.54, 1.807) is 0 Å². The van der Waals surface area contributed by atoms with Crippen molar-refractivity contribution >= 4 is 11.6 Å². The van der Waals surface area contributed by atoms with E-state index in [1.807, 2.05) is 31.2 Å². The summed E-state index contributed by atoms with van der Waals surface area (Å²) in [6, 6.07) is 7.77. The molecule has 0 atom stereocenters. The Labute approximate surface area is 119 Å². The average Bonchev–Trinajstić information content (AvgIpc) is 2.20. The van der Waals surface area contributed by atoms with Crippen LogP contribution in [-0.2, 0) is 18.3 Å². The van der Waals surface area contributed by atoms with E-state index in [0.29, 0.717) is 0 Å². The quantitative estimate of drug-likeness (QED) is 0.580. The van der Waals surface area contributed by atoms with Crippen LogP contribution in [-0.4, -0.2) is 0 Å². The molecule has 1 rings (SSSR count). The molecule has 0 unspecified atom stereocenters. The molecule has 15 heavy (non-hydrogen) atoms. The second-order valence-electron chi connectivity index (χ2n) is 3.31. The van der Waals surface area contributed by atoms with E-state index in [0.717, 1.165) is 10.6 Å². The molecular formula is C12H18BrClZn. The van der Waals surface area contributed by atoms with Gasteiger partial charge in [0.05, 0.1) is 0 Å². The van der Waals surface area contributed by atoms with Crippen molar-refractivity contribution in [2.24, 2.45) is 0 Å². The maximum atomic E-state index is 5.71. The van der Waals surface area contributed by atoms with Crippen LogP contribution >= 0.6 is 11.6 Å². The van der Waals surface area contributed by atoms with Crippen molar-refractivity contribution < 1.29 is 35.3 Å². The topological polar surface area (TPSA) is 0 Å². The van der Waals surface area contributed by atoms with Gasteiger partial charge >= 0.3 is 49.5 Å². The molecule has 0 bridgehead atoms. The molecule has 82 valence electrons. The van der Waals surface area contributed by atoms with Gasteiger partial charge in [0.15, 0.2) is 0 Å². The van der Waals surface area contributed by atoms with Gasteiger partial charge in [0, 0.05) is 5.02 Å². The third-order valence-electron chi connectivity index (χ3n) is 1.93. The van der Waals surface area contributed by atoms with Crippen molar-refractivity contribution in [2.45, 2.75) is 38.1 Å². The Hall–Kier alpha value is 0.613. The van der Waals surface area contributed by atoms with Gasteiger partial charge in [-0.1, -0.05) is 29.8 Å². The fourth-order valence-electron chi connectivity index (χ4n) is 0.978. The van der Waals surface area contributed by atoms with Crippen LogP contribution in [0.2, 0.25) is 10.0 Å².